The Morgan fingerprint density at radius 2 is 2.00 bits per heavy atom. The maximum absolute atomic E-state index is 4.38. The number of nitrogens with one attached hydrogen (secondary N) is 1. The minimum atomic E-state index is 0.0828. The van der Waals surface area contributed by atoms with E-state index in [2.05, 4.69) is 41.2 Å². The van der Waals surface area contributed by atoms with Crippen molar-refractivity contribution in [2.45, 2.75) is 39.8 Å². The summed E-state index contributed by atoms with van der Waals surface area (Å²) in [7, 11) is 0. The maximum atomic E-state index is 4.38. The van der Waals surface area contributed by atoms with E-state index in [1.807, 2.05) is 19.2 Å². The highest BCUT2D eigenvalue weighted by atomic mass is 15.3. The van der Waals surface area contributed by atoms with Gasteiger partial charge in [-0.2, -0.15) is 5.10 Å². The third-order valence-corrected chi connectivity index (χ3v) is 2.45. The van der Waals surface area contributed by atoms with Crippen LogP contribution in [0.1, 0.15) is 32.2 Å². The van der Waals surface area contributed by atoms with E-state index < -0.39 is 0 Å². The molecule has 18 heavy (non-hydrogen) atoms. The molecule has 0 radical (unpaired) electrons. The van der Waals surface area contributed by atoms with E-state index in [-0.39, 0.29) is 5.54 Å². The molecule has 0 aromatic carbocycles. The second-order valence-electron chi connectivity index (χ2n) is 5.37. The van der Waals surface area contributed by atoms with Crippen molar-refractivity contribution in [3.63, 3.8) is 0 Å². The first-order chi connectivity index (χ1) is 8.44. The molecule has 2 heterocycles. The molecule has 2 aromatic heterocycles. The van der Waals surface area contributed by atoms with E-state index in [9.17, 15) is 0 Å². The summed E-state index contributed by atoms with van der Waals surface area (Å²) in [4.78, 5) is 8.74. The maximum Gasteiger partial charge on any atom is 0.171 e. The van der Waals surface area contributed by atoms with Crippen molar-refractivity contribution in [3.8, 4) is 5.82 Å². The third-order valence-electron chi connectivity index (χ3n) is 2.45. The molecule has 0 saturated carbocycles. The lowest BCUT2D eigenvalue weighted by Crippen LogP contribution is -2.35. The van der Waals surface area contributed by atoms with E-state index in [0.717, 1.165) is 23.8 Å². The van der Waals surface area contributed by atoms with Crippen LogP contribution in [0.25, 0.3) is 5.82 Å². The van der Waals surface area contributed by atoms with E-state index >= 15 is 0 Å². The number of hydrogen-bond acceptors (Lipinski definition) is 4. The molecule has 96 valence electrons. The zero-order valence-electron chi connectivity index (χ0n) is 11.3. The van der Waals surface area contributed by atoms with E-state index in [0.29, 0.717) is 0 Å². The van der Waals surface area contributed by atoms with Crippen molar-refractivity contribution in [1.29, 1.82) is 0 Å². The first kappa shape index (κ1) is 12.7. The predicted molar refractivity (Wildman–Crippen MR) is 70.5 cm³/mol. The minimum Gasteiger partial charge on any atom is -0.306 e. The van der Waals surface area contributed by atoms with Gasteiger partial charge in [-0.3, -0.25) is 4.98 Å². The molecular weight excluding hydrogens is 226 g/mol. The molecule has 0 aliphatic heterocycles. The van der Waals surface area contributed by atoms with Crippen LogP contribution in [0.3, 0.4) is 0 Å². The fourth-order valence-electron chi connectivity index (χ4n) is 1.46. The van der Waals surface area contributed by atoms with Gasteiger partial charge in [-0.1, -0.05) is 0 Å². The molecule has 0 spiro atoms. The Balaban J connectivity index is 2.06. The van der Waals surface area contributed by atoms with Gasteiger partial charge in [0.15, 0.2) is 5.82 Å². The fourth-order valence-corrected chi connectivity index (χ4v) is 1.46. The van der Waals surface area contributed by atoms with Crippen molar-refractivity contribution in [2.24, 2.45) is 0 Å². The van der Waals surface area contributed by atoms with Crippen molar-refractivity contribution in [2.75, 3.05) is 0 Å². The van der Waals surface area contributed by atoms with E-state index in [1.54, 1.807) is 17.1 Å². The van der Waals surface area contributed by atoms with Crippen LogP contribution < -0.4 is 5.32 Å². The normalized spacial score (nSPS) is 11.8. The quantitative estimate of drug-likeness (QED) is 0.896. The summed E-state index contributed by atoms with van der Waals surface area (Å²) in [6.07, 6.45) is 5.41. The highest BCUT2D eigenvalue weighted by Gasteiger charge is 2.09. The molecule has 0 atom stereocenters. The standard InChI is InChI=1S/C13H19N5/c1-10-5-6-18(17-10)12-9-14-11(7-15-12)8-16-13(2,3)4/h5-7,9,16H,8H2,1-4H3. The first-order valence-electron chi connectivity index (χ1n) is 6.03. The summed E-state index contributed by atoms with van der Waals surface area (Å²) in [5, 5.41) is 7.67. The molecular formula is C13H19N5. The van der Waals surface area contributed by atoms with Crippen LogP contribution >= 0.6 is 0 Å². The number of hydrogen-bond donors (Lipinski definition) is 1. The van der Waals surface area contributed by atoms with E-state index in [1.165, 1.54) is 0 Å². The Morgan fingerprint density at radius 3 is 2.50 bits per heavy atom. The highest BCUT2D eigenvalue weighted by molar-refractivity contribution is 5.18. The lowest BCUT2D eigenvalue weighted by molar-refractivity contribution is 0.421. The number of rotatable bonds is 3. The monoisotopic (exact) mass is 245 g/mol. The molecule has 5 heteroatoms. The second-order valence-corrected chi connectivity index (χ2v) is 5.37. The summed E-state index contributed by atoms with van der Waals surface area (Å²) < 4.78 is 1.73. The summed E-state index contributed by atoms with van der Waals surface area (Å²) in [6, 6.07) is 1.94. The van der Waals surface area contributed by atoms with Crippen LogP contribution in [0, 0.1) is 6.92 Å². The van der Waals surface area contributed by atoms with Gasteiger partial charge in [-0.05, 0) is 33.8 Å². The summed E-state index contributed by atoms with van der Waals surface area (Å²) in [6.45, 7) is 9.05. The lowest BCUT2D eigenvalue weighted by atomic mass is 10.1. The van der Waals surface area contributed by atoms with Gasteiger partial charge in [0.05, 0.1) is 23.8 Å². The number of nitrogens with zero attached hydrogens (tertiary/aromatic N) is 4. The molecule has 2 rings (SSSR count). The Morgan fingerprint density at radius 1 is 1.22 bits per heavy atom. The lowest BCUT2D eigenvalue weighted by Gasteiger charge is -2.19. The molecule has 0 amide bonds. The van der Waals surface area contributed by atoms with Crippen LogP contribution in [0.4, 0.5) is 0 Å². The molecule has 1 N–H and O–H groups in total. The summed E-state index contributed by atoms with van der Waals surface area (Å²) in [5.41, 5.74) is 1.98. The zero-order valence-corrected chi connectivity index (χ0v) is 11.3. The smallest absolute Gasteiger partial charge is 0.171 e. The topological polar surface area (TPSA) is 55.6 Å². The predicted octanol–water partition coefficient (Wildman–Crippen LogP) is 1.86. The Hall–Kier alpha value is -1.75. The van der Waals surface area contributed by atoms with Crippen molar-refractivity contribution in [3.05, 3.63) is 36.0 Å². The fraction of sp³-hybridized carbons (Fsp3) is 0.462. The third kappa shape index (κ3) is 3.37. The summed E-state index contributed by atoms with van der Waals surface area (Å²) >= 11 is 0. The van der Waals surface area contributed by atoms with Gasteiger partial charge in [0.1, 0.15) is 0 Å². The molecule has 2 aromatic rings. The van der Waals surface area contributed by atoms with Crippen molar-refractivity contribution < 1.29 is 0 Å². The molecule has 0 saturated heterocycles. The van der Waals surface area contributed by atoms with Crippen LogP contribution in [0.15, 0.2) is 24.7 Å². The highest BCUT2D eigenvalue weighted by Crippen LogP contribution is 2.05. The van der Waals surface area contributed by atoms with Crippen LogP contribution in [0.5, 0.6) is 0 Å². The second kappa shape index (κ2) is 4.86. The van der Waals surface area contributed by atoms with Gasteiger partial charge in [0.2, 0.25) is 0 Å². The number of aryl methyl sites for hydroxylation is 1. The molecule has 0 aliphatic carbocycles. The van der Waals surface area contributed by atoms with Gasteiger partial charge < -0.3 is 5.32 Å². The number of aromatic nitrogens is 4. The van der Waals surface area contributed by atoms with Gasteiger partial charge in [-0.25, -0.2) is 9.67 Å². The molecule has 0 unspecified atom stereocenters. The Kier molecular flexibility index (Phi) is 3.43. The van der Waals surface area contributed by atoms with Crippen LogP contribution in [0.2, 0.25) is 0 Å². The Labute approximate surface area is 107 Å². The van der Waals surface area contributed by atoms with Gasteiger partial charge in [0, 0.05) is 18.3 Å². The van der Waals surface area contributed by atoms with Gasteiger partial charge >= 0.3 is 0 Å². The molecule has 0 aliphatic rings. The van der Waals surface area contributed by atoms with Crippen LogP contribution in [-0.4, -0.2) is 25.3 Å². The molecule has 0 fully saturated rings. The van der Waals surface area contributed by atoms with E-state index in [4.69, 9.17) is 0 Å². The Bertz CT molecular complexity index is 507. The van der Waals surface area contributed by atoms with Crippen molar-refractivity contribution >= 4 is 0 Å². The van der Waals surface area contributed by atoms with Gasteiger partial charge in [-0.15, -0.1) is 0 Å². The van der Waals surface area contributed by atoms with Gasteiger partial charge in [0.25, 0.3) is 0 Å². The average Bonchev–Trinajstić information content (AvgIpc) is 2.73. The molecule has 0 bridgehead atoms. The SMILES string of the molecule is Cc1ccn(-c2cnc(CNC(C)(C)C)cn2)n1. The largest absolute Gasteiger partial charge is 0.306 e. The average molecular weight is 245 g/mol. The zero-order chi connectivity index (χ0) is 13.2. The van der Waals surface area contributed by atoms with Crippen LogP contribution in [-0.2, 0) is 6.54 Å². The summed E-state index contributed by atoms with van der Waals surface area (Å²) in [5.74, 6) is 0.739. The van der Waals surface area contributed by atoms with Crippen molar-refractivity contribution in [1.82, 2.24) is 25.1 Å². The minimum absolute atomic E-state index is 0.0828. The molecule has 5 nitrogen and oxygen atoms in total. The first-order valence-corrected chi connectivity index (χ1v) is 6.03.